The molecule has 12 aromatic rings. The number of fused-ring (bicyclic) bond motifs is 7. The molecule has 0 aliphatic rings. The maximum atomic E-state index is 5.19. The minimum Gasteiger partial charge on any atom is -0.309 e. The summed E-state index contributed by atoms with van der Waals surface area (Å²) in [6, 6.07) is 75.2. The van der Waals surface area contributed by atoms with E-state index in [-0.39, 0.29) is 0 Å². The van der Waals surface area contributed by atoms with Gasteiger partial charge in [-0.05, 0) is 70.4 Å². The van der Waals surface area contributed by atoms with Gasteiger partial charge in [0.15, 0.2) is 17.5 Å². The number of para-hydroxylation sites is 2. The van der Waals surface area contributed by atoms with Gasteiger partial charge < -0.3 is 9.13 Å². The van der Waals surface area contributed by atoms with Gasteiger partial charge in [0.1, 0.15) is 0 Å². The first kappa shape index (κ1) is 33.9. The summed E-state index contributed by atoms with van der Waals surface area (Å²) >= 11 is 0. The molecule has 0 radical (unpaired) electrons. The van der Waals surface area contributed by atoms with Gasteiger partial charge in [-0.1, -0.05) is 164 Å². The van der Waals surface area contributed by atoms with Gasteiger partial charge in [0.25, 0.3) is 0 Å². The lowest BCUT2D eigenvalue weighted by Crippen LogP contribution is -2.01. The molecule has 0 unspecified atom stereocenters. The van der Waals surface area contributed by atoms with Crippen molar-refractivity contribution in [3.63, 3.8) is 0 Å². The van der Waals surface area contributed by atoms with Crippen molar-refractivity contribution in [2.45, 2.75) is 0 Å². The summed E-state index contributed by atoms with van der Waals surface area (Å²) in [5, 5.41) is 7.05. The molecule has 0 N–H and O–H groups in total. The largest absolute Gasteiger partial charge is 0.309 e. The van der Waals surface area contributed by atoms with Crippen LogP contribution in [0.4, 0.5) is 0 Å². The molecule has 0 saturated heterocycles. The second kappa shape index (κ2) is 13.8. The van der Waals surface area contributed by atoms with Crippen molar-refractivity contribution in [3.05, 3.63) is 212 Å². The Bertz CT molecular complexity index is 3580. The average Bonchev–Trinajstić information content (AvgIpc) is 3.83. The van der Waals surface area contributed by atoms with Gasteiger partial charge in [-0.2, -0.15) is 0 Å². The quantitative estimate of drug-likeness (QED) is 0.169. The second-order valence-corrected chi connectivity index (χ2v) is 15.3. The summed E-state index contributed by atoms with van der Waals surface area (Å²) in [7, 11) is 0. The summed E-state index contributed by atoms with van der Waals surface area (Å²) in [5.74, 6) is 1.91. The third-order valence-corrected chi connectivity index (χ3v) is 11.8. The van der Waals surface area contributed by atoms with E-state index in [9.17, 15) is 0 Å². The van der Waals surface area contributed by atoms with Gasteiger partial charge in [-0.25, -0.2) is 15.0 Å². The lowest BCUT2D eigenvalue weighted by Gasteiger charge is -2.12. The van der Waals surface area contributed by atoms with Crippen molar-refractivity contribution in [2.75, 3.05) is 0 Å². The Morgan fingerprint density at radius 2 is 0.750 bits per heavy atom. The van der Waals surface area contributed by atoms with E-state index in [1.54, 1.807) is 0 Å². The van der Waals surface area contributed by atoms with Crippen LogP contribution in [0.1, 0.15) is 0 Å². The van der Waals surface area contributed by atoms with Gasteiger partial charge in [0.05, 0.1) is 22.1 Å². The minimum absolute atomic E-state index is 0.623. The van der Waals surface area contributed by atoms with Gasteiger partial charge in [0.2, 0.25) is 0 Å². The average molecular weight is 766 g/mol. The standard InChI is InChI=1S/C55H35N5/c1-3-15-36(16-4-1)37-29-31-41(32-30-37)59-49-27-11-9-24-44(49)47-35-52-48(34-51(47)59)45-25-10-12-28-50(45)60(52)42-22-13-21-40(33-42)54-56-53(39-18-5-2-6-19-39)57-55(58-54)46-26-14-20-38-17-7-8-23-43(38)46/h1-35H. The van der Waals surface area contributed by atoms with Gasteiger partial charge in [-0.15, -0.1) is 0 Å². The van der Waals surface area contributed by atoms with E-state index < -0.39 is 0 Å². The van der Waals surface area contributed by atoms with Gasteiger partial charge in [0, 0.05) is 49.6 Å². The Morgan fingerprint density at radius 3 is 1.43 bits per heavy atom. The molecule has 0 bridgehead atoms. The van der Waals surface area contributed by atoms with Crippen LogP contribution in [-0.2, 0) is 0 Å². The molecule has 3 heterocycles. The first-order valence-corrected chi connectivity index (χ1v) is 20.3. The molecule has 0 atom stereocenters. The first-order chi connectivity index (χ1) is 29.7. The lowest BCUT2D eigenvalue weighted by atomic mass is 10.0. The van der Waals surface area contributed by atoms with E-state index in [1.165, 1.54) is 43.7 Å². The molecule has 0 fully saturated rings. The first-order valence-electron chi connectivity index (χ1n) is 20.3. The molecule has 0 amide bonds. The summed E-state index contributed by atoms with van der Waals surface area (Å²) in [6.07, 6.45) is 0. The van der Waals surface area contributed by atoms with Crippen LogP contribution in [0.2, 0.25) is 0 Å². The van der Waals surface area contributed by atoms with Crippen LogP contribution in [0, 0.1) is 0 Å². The predicted octanol–water partition coefficient (Wildman–Crippen LogP) is 13.9. The van der Waals surface area contributed by atoms with E-state index in [4.69, 9.17) is 15.0 Å². The van der Waals surface area contributed by atoms with E-state index in [0.717, 1.165) is 49.9 Å². The molecular formula is C55H35N5. The highest BCUT2D eigenvalue weighted by atomic mass is 15.0. The van der Waals surface area contributed by atoms with Crippen LogP contribution in [0.3, 0.4) is 0 Å². The molecular weight excluding hydrogens is 731 g/mol. The van der Waals surface area contributed by atoms with Crippen molar-refractivity contribution in [1.82, 2.24) is 24.1 Å². The lowest BCUT2D eigenvalue weighted by molar-refractivity contribution is 1.07. The fraction of sp³-hybridized carbons (Fsp3) is 0. The van der Waals surface area contributed by atoms with Crippen molar-refractivity contribution in [2.24, 2.45) is 0 Å². The summed E-state index contributed by atoms with van der Waals surface area (Å²) in [5.41, 5.74) is 12.0. The Kier molecular flexibility index (Phi) is 7.78. The van der Waals surface area contributed by atoms with Crippen molar-refractivity contribution in [3.8, 4) is 56.7 Å². The molecule has 0 spiro atoms. The maximum absolute atomic E-state index is 5.19. The molecule has 0 saturated carbocycles. The second-order valence-electron chi connectivity index (χ2n) is 15.3. The molecule has 280 valence electrons. The fourth-order valence-corrected chi connectivity index (χ4v) is 8.97. The van der Waals surface area contributed by atoms with Gasteiger partial charge in [-0.3, -0.25) is 0 Å². The zero-order chi connectivity index (χ0) is 39.6. The molecule has 5 nitrogen and oxygen atoms in total. The number of nitrogens with zero attached hydrogens (tertiary/aromatic N) is 5. The van der Waals surface area contributed by atoms with E-state index in [0.29, 0.717) is 17.5 Å². The predicted molar refractivity (Wildman–Crippen MR) is 248 cm³/mol. The topological polar surface area (TPSA) is 48.5 Å². The van der Waals surface area contributed by atoms with Crippen LogP contribution < -0.4 is 0 Å². The monoisotopic (exact) mass is 765 g/mol. The van der Waals surface area contributed by atoms with E-state index >= 15 is 0 Å². The molecule has 0 aliphatic heterocycles. The zero-order valence-electron chi connectivity index (χ0n) is 32.4. The molecule has 3 aromatic heterocycles. The summed E-state index contributed by atoms with van der Waals surface area (Å²) < 4.78 is 4.80. The SMILES string of the molecule is c1ccc(-c2ccc(-n3c4ccccc4c4cc5c(cc43)c3ccccc3n5-c3cccc(-c4nc(-c5ccccc5)nc(-c5cccc6ccccc56)n4)c3)cc2)cc1. The highest BCUT2D eigenvalue weighted by Crippen LogP contribution is 2.40. The smallest absolute Gasteiger partial charge is 0.164 e. The Morgan fingerprint density at radius 1 is 0.267 bits per heavy atom. The number of hydrogen-bond acceptors (Lipinski definition) is 3. The van der Waals surface area contributed by atoms with Crippen LogP contribution in [0.5, 0.6) is 0 Å². The molecule has 5 heteroatoms. The van der Waals surface area contributed by atoms with Crippen LogP contribution >= 0.6 is 0 Å². The molecule has 9 aromatic carbocycles. The Labute approximate surface area is 346 Å². The van der Waals surface area contributed by atoms with Crippen molar-refractivity contribution < 1.29 is 0 Å². The Balaban J connectivity index is 1.05. The highest BCUT2D eigenvalue weighted by molar-refractivity contribution is 6.19. The summed E-state index contributed by atoms with van der Waals surface area (Å²) in [6.45, 7) is 0. The number of benzene rings is 9. The van der Waals surface area contributed by atoms with E-state index in [1.807, 2.05) is 18.2 Å². The van der Waals surface area contributed by atoms with Crippen LogP contribution in [0.25, 0.3) is 111 Å². The third kappa shape index (κ3) is 5.52. The molecule has 60 heavy (non-hydrogen) atoms. The van der Waals surface area contributed by atoms with E-state index in [2.05, 4.69) is 203 Å². The summed E-state index contributed by atoms with van der Waals surface area (Å²) in [4.78, 5) is 15.4. The van der Waals surface area contributed by atoms with Crippen LogP contribution in [-0.4, -0.2) is 24.1 Å². The molecule has 0 aliphatic carbocycles. The highest BCUT2D eigenvalue weighted by Gasteiger charge is 2.20. The normalized spacial score (nSPS) is 11.7. The van der Waals surface area contributed by atoms with Gasteiger partial charge >= 0.3 is 0 Å². The van der Waals surface area contributed by atoms with Crippen molar-refractivity contribution in [1.29, 1.82) is 0 Å². The third-order valence-electron chi connectivity index (χ3n) is 11.8. The van der Waals surface area contributed by atoms with Crippen LogP contribution in [0.15, 0.2) is 212 Å². The zero-order valence-corrected chi connectivity index (χ0v) is 32.4. The number of aromatic nitrogens is 5. The fourth-order valence-electron chi connectivity index (χ4n) is 8.97. The minimum atomic E-state index is 0.623. The number of hydrogen-bond donors (Lipinski definition) is 0. The molecule has 12 rings (SSSR count). The maximum Gasteiger partial charge on any atom is 0.164 e. The Hall–Kier alpha value is -8.15. The number of rotatable bonds is 6. The van der Waals surface area contributed by atoms with Crippen molar-refractivity contribution >= 4 is 54.4 Å².